The molecule has 0 heterocycles. The predicted octanol–water partition coefficient (Wildman–Crippen LogP) is 6.20. The van der Waals surface area contributed by atoms with Gasteiger partial charge in [-0.3, -0.25) is 0 Å². The minimum Gasteiger partial charge on any atom is -0.400 e. The Bertz CT molecular complexity index is 830. The monoisotopic (exact) mass is 409 g/mol. The maximum Gasteiger partial charge on any atom is 0.105 e. The zero-order valence-corrected chi connectivity index (χ0v) is 18.8. The van der Waals surface area contributed by atoms with Crippen LogP contribution in [0.3, 0.4) is 0 Å². The topological polar surface area (TPSA) is 50.4 Å². The number of hydrogen-bond donors (Lipinski definition) is 3. The van der Waals surface area contributed by atoms with Crippen LogP contribution in [0.4, 0.5) is 0 Å². The molecule has 0 aromatic heterocycles. The SMILES string of the molecule is C=C/C(=N\C(C(NC1CCCCCCC1)=C1CC1)=C(/C)N)c1ccc(C)cc1S. The summed E-state index contributed by atoms with van der Waals surface area (Å²) in [5.74, 6) is 0. The number of nitrogens with one attached hydrogen (secondary N) is 1. The van der Waals surface area contributed by atoms with Crippen LogP contribution in [-0.2, 0) is 0 Å². The molecule has 0 saturated heterocycles. The molecule has 0 atom stereocenters. The van der Waals surface area contributed by atoms with Crippen molar-refractivity contribution in [1.29, 1.82) is 0 Å². The first-order valence-electron chi connectivity index (χ1n) is 11.0. The molecule has 2 aliphatic rings. The van der Waals surface area contributed by atoms with Gasteiger partial charge >= 0.3 is 0 Å². The van der Waals surface area contributed by atoms with Crippen LogP contribution in [0.15, 0.2) is 63.4 Å². The molecule has 2 aliphatic carbocycles. The minimum absolute atomic E-state index is 0.509. The number of rotatable bonds is 6. The molecule has 0 spiro atoms. The number of allylic oxidation sites excluding steroid dienone is 3. The maximum atomic E-state index is 6.35. The van der Waals surface area contributed by atoms with Gasteiger partial charge in [-0.25, -0.2) is 4.99 Å². The molecule has 3 rings (SSSR count). The van der Waals surface area contributed by atoms with E-state index in [1.807, 2.05) is 6.92 Å². The van der Waals surface area contributed by atoms with Crippen molar-refractivity contribution in [2.24, 2.45) is 10.7 Å². The third-order valence-corrected chi connectivity index (χ3v) is 6.14. The fourth-order valence-corrected chi connectivity index (χ4v) is 4.38. The highest BCUT2D eigenvalue weighted by Gasteiger charge is 2.24. The summed E-state index contributed by atoms with van der Waals surface area (Å²) in [6.07, 6.45) is 13.2. The van der Waals surface area contributed by atoms with E-state index in [2.05, 4.69) is 49.6 Å². The Kier molecular flexibility index (Phi) is 7.65. The van der Waals surface area contributed by atoms with Crippen molar-refractivity contribution < 1.29 is 0 Å². The van der Waals surface area contributed by atoms with Crippen molar-refractivity contribution in [2.45, 2.75) is 82.6 Å². The molecule has 1 aromatic rings. The van der Waals surface area contributed by atoms with Crippen LogP contribution in [0.5, 0.6) is 0 Å². The van der Waals surface area contributed by atoms with Crippen LogP contribution in [0.25, 0.3) is 0 Å². The lowest BCUT2D eigenvalue weighted by molar-refractivity contribution is 0.413. The zero-order chi connectivity index (χ0) is 20.8. The van der Waals surface area contributed by atoms with E-state index >= 15 is 0 Å². The fraction of sp³-hybridized carbons (Fsp3) is 0.480. The third kappa shape index (κ3) is 6.02. The summed E-state index contributed by atoms with van der Waals surface area (Å²) in [7, 11) is 0. The van der Waals surface area contributed by atoms with Crippen molar-refractivity contribution in [3.05, 3.63) is 64.6 Å². The first-order chi connectivity index (χ1) is 14.0. The summed E-state index contributed by atoms with van der Waals surface area (Å²) in [4.78, 5) is 5.92. The molecule has 3 N–H and O–H groups in total. The molecule has 29 heavy (non-hydrogen) atoms. The Morgan fingerprint density at radius 2 is 1.83 bits per heavy atom. The van der Waals surface area contributed by atoms with Crippen LogP contribution in [0.1, 0.15) is 75.8 Å². The Hall–Kier alpha value is -1.94. The van der Waals surface area contributed by atoms with Crippen LogP contribution in [0.2, 0.25) is 0 Å². The molecular weight excluding hydrogens is 374 g/mol. The highest BCUT2D eigenvalue weighted by molar-refractivity contribution is 7.80. The standard InChI is InChI=1S/C25H35N3S/c1-4-22(21-15-12-17(2)16-23(21)29)28-24(18(3)26)25(19-13-14-19)27-20-10-8-6-5-7-9-11-20/h4,12,15-16,20,27,29H,1,5-11,13-14,26H2,2-3H3/b24-18+,28-22+. The summed E-state index contributed by atoms with van der Waals surface area (Å²) in [6, 6.07) is 6.71. The molecule has 0 amide bonds. The Morgan fingerprint density at radius 1 is 1.17 bits per heavy atom. The first-order valence-corrected chi connectivity index (χ1v) is 11.4. The summed E-state index contributed by atoms with van der Waals surface area (Å²) in [5.41, 5.74) is 13.5. The number of nitrogens with zero attached hydrogens (tertiary/aromatic N) is 1. The Morgan fingerprint density at radius 3 is 2.38 bits per heavy atom. The van der Waals surface area contributed by atoms with E-state index in [-0.39, 0.29) is 0 Å². The van der Waals surface area contributed by atoms with Crippen LogP contribution in [0, 0.1) is 6.92 Å². The summed E-state index contributed by atoms with van der Waals surface area (Å²) >= 11 is 4.66. The Balaban J connectivity index is 1.92. The van der Waals surface area contributed by atoms with Crippen LogP contribution in [-0.4, -0.2) is 11.8 Å². The number of benzene rings is 1. The van der Waals surface area contributed by atoms with Crippen molar-refractivity contribution in [3.63, 3.8) is 0 Å². The second-order valence-corrected chi connectivity index (χ2v) is 8.90. The van der Waals surface area contributed by atoms with Crippen LogP contribution < -0.4 is 11.1 Å². The molecule has 156 valence electrons. The third-order valence-electron chi connectivity index (χ3n) is 5.77. The second kappa shape index (κ2) is 10.2. The van der Waals surface area contributed by atoms with E-state index in [9.17, 15) is 0 Å². The first kappa shape index (κ1) is 21.8. The normalized spacial score (nSPS) is 19.1. The lowest BCUT2D eigenvalue weighted by Crippen LogP contribution is -2.30. The van der Waals surface area contributed by atoms with E-state index in [0.29, 0.717) is 6.04 Å². The molecular formula is C25H35N3S. The number of aliphatic imine (C=N–C) groups is 1. The highest BCUT2D eigenvalue weighted by atomic mass is 32.1. The maximum absolute atomic E-state index is 6.35. The Labute approximate surface area is 181 Å². The van der Waals surface area contributed by atoms with Gasteiger partial charge in [-0.2, -0.15) is 0 Å². The predicted molar refractivity (Wildman–Crippen MR) is 128 cm³/mol. The molecule has 0 unspecified atom stereocenters. The molecule has 4 heteroatoms. The van der Waals surface area contributed by atoms with E-state index in [1.54, 1.807) is 6.08 Å². The second-order valence-electron chi connectivity index (χ2n) is 8.42. The van der Waals surface area contributed by atoms with Crippen molar-refractivity contribution >= 4 is 18.3 Å². The number of nitrogens with two attached hydrogens (primary N) is 1. The number of hydrogen-bond acceptors (Lipinski definition) is 4. The molecule has 2 saturated carbocycles. The highest BCUT2D eigenvalue weighted by Crippen LogP contribution is 2.35. The summed E-state index contributed by atoms with van der Waals surface area (Å²) in [6.45, 7) is 8.02. The molecule has 0 bridgehead atoms. The van der Waals surface area contributed by atoms with Crippen LogP contribution >= 0.6 is 12.6 Å². The van der Waals surface area contributed by atoms with Gasteiger partial charge in [0.05, 0.1) is 11.4 Å². The number of thiol groups is 1. The van der Waals surface area contributed by atoms with Crippen molar-refractivity contribution in [1.82, 2.24) is 5.32 Å². The van der Waals surface area contributed by atoms with Gasteiger partial charge < -0.3 is 11.1 Å². The lowest BCUT2D eigenvalue weighted by atomic mass is 9.96. The molecule has 0 aliphatic heterocycles. The smallest absolute Gasteiger partial charge is 0.105 e. The van der Waals surface area contributed by atoms with E-state index in [1.165, 1.54) is 56.1 Å². The average Bonchev–Trinajstić information content (AvgIpc) is 3.48. The van der Waals surface area contributed by atoms with Gasteiger partial charge in [0.2, 0.25) is 0 Å². The fourth-order valence-electron chi connectivity index (χ4n) is 3.99. The molecule has 3 nitrogen and oxygen atoms in total. The zero-order valence-electron chi connectivity index (χ0n) is 17.9. The van der Waals surface area contributed by atoms with E-state index < -0.39 is 0 Å². The molecule has 0 radical (unpaired) electrons. The van der Waals surface area contributed by atoms with Crippen molar-refractivity contribution in [2.75, 3.05) is 0 Å². The van der Waals surface area contributed by atoms with Gasteiger partial charge in [-0.1, -0.05) is 50.8 Å². The van der Waals surface area contributed by atoms with Gasteiger partial charge in [0.25, 0.3) is 0 Å². The molecule has 1 aromatic carbocycles. The largest absolute Gasteiger partial charge is 0.400 e. The summed E-state index contributed by atoms with van der Waals surface area (Å²) < 4.78 is 0. The lowest BCUT2D eigenvalue weighted by Gasteiger charge is -2.25. The van der Waals surface area contributed by atoms with Crippen molar-refractivity contribution in [3.8, 4) is 0 Å². The van der Waals surface area contributed by atoms with Gasteiger partial charge in [-0.05, 0) is 62.8 Å². The van der Waals surface area contributed by atoms with Gasteiger partial charge in [0, 0.05) is 22.2 Å². The molecule has 2 fully saturated rings. The van der Waals surface area contributed by atoms with E-state index in [0.717, 1.165) is 46.1 Å². The quantitative estimate of drug-likeness (QED) is 0.387. The van der Waals surface area contributed by atoms with E-state index in [4.69, 9.17) is 10.7 Å². The number of aryl methyl sites for hydroxylation is 1. The average molecular weight is 410 g/mol. The van der Waals surface area contributed by atoms with Gasteiger partial charge in [0.1, 0.15) is 5.70 Å². The van der Waals surface area contributed by atoms with Gasteiger partial charge in [0.15, 0.2) is 0 Å². The summed E-state index contributed by atoms with van der Waals surface area (Å²) in [5, 5.41) is 3.85. The minimum atomic E-state index is 0.509. The van der Waals surface area contributed by atoms with Gasteiger partial charge in [-0.15, -0.1) is 12.6 Å².